The number of amides is 1. The quantitative estimate of drug-likeness (QED) is 0.309. The Morgan fingerprint density at radius 2 is 1.66 bits per heavy atom. The molecule has 2 unspecified atom stereocenters. The third kappa shape index (κ3) is 7.36. The summed E-state index contributed by atoms with van der Waals surface area (Å²) in [7, 11) is -3.56. The summed E-state index contributed by atoms with van der Waals surface area (Å²) in [4.78, 5) is 17.6. The lowest BCUT2D eigenvalue weighted by Gasteiger charge is -2.29. The molecule has 0 aromatic carbocycles. The van der Waals surface area contributed by atoms with Crippen LogP contribution in [-0.4, -0.2) is 49.5 Å². The van der Waals surface area contributed by atoms with Crippen molar-refractivity contribution in [2.75, 3.05) is 0 Å². The summed E-state index contributed by atoms with van der Waals surface area (Å²) in [6.07, 6.45) is 4.65. The first kappa shape index (κ1) is 25.3. The minimum absolute atomic E-state index is 0.155. The SMILES string of the molecule is CC(C)(C)N/C(=N\C1CC(C2CCC(F)CC2)NN1)NC(=O)C1CCC(S(N)(=O)=O)CC1. The van der Waals surface area contributed by atoms with Gasteiger partial charge in [0.15, 0.2) is 5.96 Å². The van der Waals surface area contributed by atoms with Crippen LogP contribution in [0.25, 0.3) is 0 Å². The van der Waals surface area contributed by atoms with Crippen molar-refractivity contribution < 1.29 is 17.6 Å². The van der Waals surface area contributed by atoms with Crippen molar-refractivity contribution >= 4 is 21.9 Å². The number of sulfonamides is 1. The Morgan fingerprint density at radius 1 is 1.03 bits per heavy atom. The van der Waals surface area contributed by atoms with E-state index >= 15 is 0 Å². The fourth-order valence-electron chi connectivity index (χ4n) is 4.92. The van der Waals surface area contributed by atoms with E-state index in [-0.39, 0.29) is 29.6 Å². The van der Waals surface area contributed by atoms with Gasteiger partial charge in [0.2, 0.25) is 15.9 Å². The highest BCUT2D eigenvalue weighted by molar-refractivity contribution is 7.89. The summed E-state index contributed by atoms with van der Waals surface area (Å²) in [6, 6.07) is 0.233. The average Bonchev–Trinajstić information content (AvgIpc) is 3.15. The number of hydrogen-bond donors (Lipinski definition) is 5. The summed E-state index contributed by atoms with van der Waals surface area (Å²) in [5.41, 5.74) is 6.21. The Morgan fingerprint density at radius 3 is 2.22 bits per heavy atom. The van der Waals surface area contributed by atoms with E-state index in [9.17, 15) is 17.6 Å². The number of nitrogens with two attached hydrogens (primary N) is 1. The standard InChI is InChI=1S/C21H39FN6O3S/c1-21(2,3)26-20(25-19(29)14-6-10-16(11-7-14)32(23,30)31)24-18-12-17(27-28-18)13-4-8-15(22)9-5-13/h13-18,27-28H,4-12H2,1-3H3,(H2,23,30,31)(H2,24,25,26,29). The van der Waals surface area contributed by atoms with Gasteiger partial charge < -0.3 is 5.32 Å². The van der Waals surface area contributed by atoms with Gasteiger partial charge in [-0.3, -0.25) is 15.5 Å². The summed E-state index contributed by atoms with van der Waals surface area (Å²) in [5, 5.41) is 10.9. The van der Waals surface area contributed by atoms with Crippen molar-refractivity contribution in [2.24, 2.45) is 22.0 Å². The summed E-state index contributed by atoms with van der Waals surface area (Å²) >= 11 is 0. The molecule has 9 nitrogen and oxygen atoms in total. The van der Waals surface area contributed by atoms with E-state index in [0.717, 1.165) is 19.3 Å². The average molecular weight is 475 g/mol. The lowest BCUT2D eigenvalue weighted by molar-refractivity contribution is -0.124. The smallest absolute Gasteiger partial charge is 0.229 e. The molecule has 2 aliphatic carbocycles. The van der Waals surface area contributed by atoms with Crippen molar-refractivity contribution in [2.45, 2.75) is 108 Å². The number of alkyl halides is 1. The maximum absolute atomic E-state index is 13.5. The molecule has 0 bridgehead atoms. The van der Waals surface area contributed by atoms with Gasteiger partial charge in [0.25, 0.3) is 0 Å². The minimum Gasteiger partial charge on any atom is -0.351 e. The zero-order chi connectivity index (χ0) is 23.5. The molecule has 3 fully saturated rings. The van der Waals surface area contributed by atoms with Crippen LogP contribution >= 0.6 is 0 Å². The van der Waals surface area contributed by atoms with Gasteiger partial charge in [0.1, 0.15) is 12.3 Å². The fourth-order valence-corrected chi connectivity index (χ4v) is 5.85. The number of nitrogens with zero attached hydrogens (tertiary/aromatic N) is 1. The van der Waals surface area contributed by atoms with Gasteiger partial charge >= 0.3 is 0 Å². The lowest BCUT2D eigenvalue weighted by atomic mass is 9.82. The normalized spacial score (nSPS) is 34.8. The maximum Gasteiger partial charge on any atom is 0.229 e. The number of guanidine groups is 1. The molecule has 1 amide bonds. The first-order valence-electron chi connectivity index (χ1n) is 11.7. The zero-order valence-corrected chi connectivity index (χ0v) is 20.2. The van der Waals surface area contributed by atoms with E-state index in [1.165, 1.54) is 0 Å². The molecule has 1 heterocycles. The molecular formula is C21H39FN6O3S. The van der Waals surface area contributed by atoms with Gasteiger partial charge in [0.05, 0.1) is 5.25 Å². The van der Waals surface area contributed by atoms with Crippen molar-refractivity contribution in [3.8, 4) is 0 Å². The first-order valence-corrected chi connectivity index (χ1v) is 13.4. The number of rotatable bonds is 4. The van der Waals surface area contributed by atoms with Crippen LogP contribution in [0.15, 0.2) is 4.99 Å². The van der Waals surface area contributed by atoms with Crippen LogP contribution in [0.1, 0.15) is 78.6 Å². The second-order valence-electron chi connectivity index (χ2n) is 10.6. The Kier molecular flexibility index (Phi) is 8.16. The number of halogens is 1. The van der Waals surface area contributed by atoms with Gasteiger partial charge in [-0.25, -0.2) is 28.4 Å². The summed E-state index contributed by atoms with van der Waals surface area (Å²) in [6.45, 7) is 5.97. The molecular weight excluding hydrogens is 435 g/mol. The van der Waals surface area contributed by atoms with E-state index < -0.39 is 21.4 Å². The van der Waals surface area contributed by atoms with E-state index in [1.54, 1.807) is 0 Å². The summed E-state index contributed by atoms with van der Waals surface area (Å²) in [5.74, 6) is 0.413. The van der Waals surface area contributed by atoms with Gasteiger partial charge in [-0.1, -0.05) is 0 Å². The van der Waals surface area contributed by atoms with Crippen molar-refractivity contribution in [1.82, 2.24) is 21.5 Å². The van der Waals surface area contributed by atoms with Crippen LogP contribution < -0.4 is 26.6 Å². The second kappa shape index (κ2) is 10.3. The highest BCUT2D eigenvalue weighted by Gasteiger charge is 2.35. The van der Waals surface area contributed by atoms with Crippen molar-refractivity contribution in [3.63, 3.8) is 0 Å². The number of primary sulfonamides is 1. The monoisotopic (exact) mass is 474 g/mol. The third-order valence-electron chi connectivity index (χ3n) is 6.71. The molecule has 3 rings (SSSR count). The maximum atomic E-state index is 13.5. The number of aliphatic imine (C=N–C) groups is 1. The second-order valence-corrected chi connectivity index (χ2v) is 12.4. The van der Waals surface area contributed by atoms with Crippen LogP contribution in [0.4, 0.5) is 4.39 Å². The largest absolute Gasteiger partial charge is 0.351 e. The highest BCUT2D eigenvalue weighted by Crippen LogP contribution is 2.31. The molecule has 6 N–H and O–H groups in total. The minimum atomic E-state index is -3.56. The van der Waals surface area contributed by atoms with E-state index in [2.05, 4.69) is 21.5 Å². The van der Waals surface area contributed by atoms with E-state index in [4.69, 9.17) is 10.1 Å². The Labute approximate surface area is 191 Å². The van der Waals surface area contributed by atoms with Crippen LogP contribution in [0.2, 0.25) is 0 Å². The number of hydrazine groups is 1. The van der Waals surface area contributed by atoms with Gasteiger partial charge in [-0.15, -0.1) is 0 Å². The Bertz CT molecular complexity index is 784. The van der Waals surface area contributed by atoms with E-state index in [1.807, 2.05) is 20.8 Å². The topological polar surface area (TPSA) is 138 Å². The van der Waals surface area contributed by atoms with Gasteiger partial charge in [0, 0.05) is 23.9 Å². The molecule has 32 heavy (non-hydrogen) atoms. The highest BCUT2D eigenvalue weighted by atomic mass is 32.2. The fraction of sp³-hybridized carbons (Fsp3) is 0.905. The summed E-state index contributed by atoms with van der Waals surface area (Å²) < 4.78 is 36.6. The van der Waals surface area contributed by atoms with Crippen LogP contribution in [-0.2, 0) is 14.8 Å². The number of nitrogens with one attached hydrogen (secondary N) is 4. The van der Waals surface area contributed by atoms with Gasteiger partial charge in [-0.2, -0.15) is 0 Å². The van der Waals surface area contributed by atoms with Crippen molar-refractivity contribution in [3.05, 3.63) is 0 Å². The van der Waals surface area contributed by atoms with Gasteiger partial charge in [-0.05, 0) is 78.1 Å². The zero-order valence-electron chi connectivity index (χ0n) is 19.4. The lowest BCUT2D eigenvalue weighted by Crippen LogP contribution is -2.52. The molecule has 2 atom stereocenters. The molecule has 0 radical (unpaired) electrons. The predicted octanol–water partition coefficient (Wildman–Crippen LogP) is 1.41. The van der Waals surface area contributed by atoms with Crippen molar-refractivity contribution in [1.29, 1.82) is 0 Å². The molecule has 11 heteroatoms. The third-order valence-corrected chi connectivity index (χ3v) is 8.11. The number of carbonyl (C=O) groups excluding carboxylic acids is 1. The molecule has 2 saturated carbocycles. The Balaban J connectivity index is 1.59. The molecule has 0 spiro atoms. The number of carbonyl (C=O) groups is 1. The van der Waals surface area contributed by atoms with E-state index in [0.29, 0.717) is 50.4 Å². The van der Waals surface area contributed by atoms with Crippen LogP contribution in [0.3, 0.4) is 0 Å². The van der Waals surface area contributed by atoms with Crippen LogP contribution in [0.5, 0.6) is 0 Å². The first-order chi connectivity index (χ1) is 14.9. The molecule has 0 aromatic rings. The molecule has 1 saturated heterocycles. The molecule has 1 aliphatic heterocycles. The predicted molar refractivity (Wildman–Crippen MR) is 123 cm³/mol. The number of hydrogen-bond acceptors (Lipinski definition) is 6. The van der Waals surface area contributed by atoms with Crippen LogP contribution in [0, 0.1) is 11.8 Å². The molecule has 3 aliphatic rings. The molecule has 184 valence electrons. The Hall–Kier alpha value is -1.30. The molecule has 0 aromatic heterocycles.